The zero-order chi connectivity index (χ0) is 20.4. The van der Waals surface area contributed by atoms with E-state index in [2.05, 4.69) is 4.90 Å². The second-order valence-electron chi connectivity index (χ2n) is 6.99. The molecule has 0 amide bonds. The van der Waals surface area contributed by atoms with Crippen LogP contribution in [-0.2, 0) is 17.8 Å². The molecule has 0 aliphatic carbocycles. The lowest BCUT2D eigenvalue weighted by Crippen LogP contribution is -2.35. The average Bonchev–Trinajstić information content (AvgIpc) is 3.04. The van der Waals surface area contributed by atoms with Crippen molar-refractivity contribution in [1.82, 2.24) is 8.86 Å². The van der Waals surface area contributed by atoms with Gasteiger partial charge in [-0.25, -0.2) is 0 Å². The number of hydrogen-bond acceptors (Lipinski definition) is 7. The number of aromatic nitrogens is 1. The number of phenols is 1. The molecule has 2 heterocycles. The molecule has 0 bridgehead atoms. The third kappa shape index (κ3) is 4.10. The van der Waals surface area contributed by atoms with Gasteiger partial charge in [-0.1, -0.05) is 23.7 Å². The molecule has 7 nitrogen and oxygen atoms in total. The number of fused-ring (bicyclic) bond motifs is 1. The highest BCUT2D eigenvalue weighted by atomic mass is 32.1. The number of phenolic OH excluding ortho intramolecular Hbond substituents is 1. The van der Waals surface area contributed by atoms with Crippen LogP contribution in [0.5, 0.6) is 17.2 Å². The van der Waals surface area contributed by atoms with Crippen LogP contribution in [0.3, 0.4) is 0 Å². The van der Waals surface area contributed by atoms with Crippen LogP contribution >= 0.6 is 11.5 Å². The molecule has 3 aromatic rings. The number of rotatable bonds is 6. The van der Waals surface area contributed by atoms with Crippen LogP contribution in [0.15, 0.2) is 35.1 Å². The summed E-state index contributed by atoms with van der Waals surface area (Å²) in [6.45, 7) is 4.27. The molecule has 4 rings (SSSR count). The molecular weight excluding hydrogens is 392 g/mol. The highest BCUT2D eigenvalue weighted by molar-refractivity contribution is 7.13. The van der Waals surface area contributed by atoms with Crippen molar-refractivity contribution in [3.63, 3.8) is 0 Å². The van der Waals surface area contributed by atoms with Crippen LogP contribution in [0.2, 0.25) is 0 Å². The van der Waals surface area contributed by atoms with Crippen molar-refractivity contribution in [3.05, 3.63) is 51.8 Å². The van der Waals surface area contributed by atoms with Gasteiger partial charge in [-0.05, 0) is 17.7 Å². The van der Waals surface area contributed by atoms with Gasteiger partial charge in [0.1, 0.15) is 5.75 Å². The first-order valence-corrected chi connectivity index (χ1v) is 10.2. The largest absolute Gasteiger partial charge is 0.508 e. The molecule has 0 saturated carbocycles. The van der Waals surface area contributed by atoms with E-state index >= 15 is 0 Å². The maximum Gasteiger partial charge on any atom is 0.268 e. The molecule has 0 atom stereocenters. The van der Waals surface area contributed by atoms with Gasteiger partial charge < -0.3 is 19.3 Å². The lowest BCUT2D eigenvalue weighted by molar-refractivity contribution is 0.0339. The first-order chi connectivity index (χ1) is 14.1. The van der Waals surface area contributed by atoms with Crippen molar-refractivity contribution in [2.45, 2.75) is 13.1 Å². The fraction of sp³-hybridized carbons (Fsp3) is 0.381. The second-order valence-corrected chi connectivity index (χ2v) is 8.05. The standard InChI is InChI=1S/C21H24N2O5S/c1-26-18-10-16-20(11-19(18)27-2)29-23(21(16)25)12-14-3-4-15(17(24)9-14)13-22-5-7-28-8-6-22/h3-4,9-11,24H,5-8,12-13H2,1-2H3. The van der Waals surface area contributed by atoms with Gasteiger partial charge in [0.25, 0.3) is 5.56 Å². The fourth-order valence-electron chi connectivity index (χ4n) is 3.51. The summed E-state index contributed by atoms with van der Waals surface area (Å²) >= 11 is 1.37. The molecule has 1 fully saturated rings. The minimum Gasteiger partial charge on any atom is -0.508 e. The van der Waals surface area contributed by atoms with Crippen LogP contribution < -0.4 is 15.0 Å². The van der Waals surface area contributed by atoms with Gasteiger partial charge in [-0.3, -0.25) is 13.7 Å². The third-order valence-corrected chi connectivity index (χ3v) is 6.17. The van der Waals surface area contributed by atoms with E-state index in [-0.39, 0.29) is 11.3 Å². The van der Waals surface area contributed by atoms with Crippen LogP contribution in [0.4, 0.5) is 0 Å². The quantitative estimate of drug-likeness (QED) is 0.666. The normalized spacial score (nSPS) is 15.0. The Kier molecular flexibility index (Phi) is 5.75. The zero-order valence-electron chi connectivity index (χ0n) is 16.5. The Morgan fingerprint density at radius 1 is 1.07 bits per heavy atom. The average molecular weight is 416 g/mol. The van der Waals surface area contributed by atoms with Gasteiger partial charge in [0, 0.05) is 31.3 Å². The van der Waals surface area contributed by atoms with Crippen molar-refractivity contribution in [2.75, 3.05) is 40.5 Å². The molecule has 1 aliphatic heterocycles. The fourth-order valence-corrected chi connectivity index (χ4v) is 4.55. The third-order valence-electron chi connectivity index (χ3n) is 5.12. The van der Waals surface area contributed by atoms with E-state index in [9.17, 15) is 9.90 Å². The van der Waals surface area contributed by atoms with E-state index in [0.29, 0.717) is 30.0 Å². The van der Waals surface area contributed by atoms with Crippen molar-refractivity contribution in [3.8, 4) is 17.2 Å². The number of nitrogens with zero attached hydrogens (tertiary/aromatic N) is 2. The topological polar surface area (TPSA) is 73.2 Å². The summed E-state index contributed by atoms with van der Waals surface area (Å²) in [7, 11) is 3.13. The number of hydrogen-bond donors (Lipinski definition) is 1. The predicted molar refractivity (Wildman–Crippen MR) is 112 cm³/mol. The minimum atomic E-state index is -0.0807. The Morgan fingerprint density at radius 3 is 2.48 bits per heavy atom. The summed E-state index contributed by atoms with van der Waals surface area (Å²) in [5.41, 5.74) is 1.68. The van der Waals surface area contributed by atoms with E-state index in [0.717, 1.165) is 42.1 Å². The molecule has 1 aliphatic rings. The van der Waals surface area contributed by atoms with Crippen molar-refractivity contribution < 1.29 is 19.3 Å². The highest BCUT2D eigenvalue weighted by Gasteiger charge is 2.15. The smallest absolute Gasteiger partial charge is 0.268 e. The maximum absolute atomic E-state index is 12.8. The van der Waals surface area contributed by atoms with Gasteiger partial charge in [0.05, 0.1) is 44.1 Å². The first-order valence-electron chi connectivity index (χ1n) is 9.45. The van der Waals surface area contributed by atoms with E-state index in [4.69, 9.17) is 14.2 Å². The summed E-state index contributed by atoms with van der Waals surface area (Å²) in [5.74, 6) is 1.39. The zero-order valence-corrected chi connectivity index (χ0v) is 17.3. The van der Waals surface area contributed by atoms with Gasteiger partial charge in [0.2, 0.25) is 0 Å². The Labute approximate surface area is 172 Å². The molecule has 0 unspecified atom stereocenters. The van der Waals surface area contributed by atoms with Crippen molar-refractivity contribution >= 4 is 21.6 Å². The van der Waals surface area contributed by atoms with Crippen LogP contribution in [0.25, 0.3) is 10.1 Å². The lowest BCUT2D eigenvalue weighted by Gasteiger charge is -2.26. The molecule has 2 aromatic carbocycles. The Morgan fingerprint density at radius 2 is 1.79 bits per heavy atom. The van der Waals surface area contributed by atoms with Gasteiger partial charge in [0.15, 0.2) is 11.5 Å². The molecule has 1 N–H and O–H groups in total. The van der Waals surface area contributed by atoms with E-state index in [1.54, 1.807) is 30.3 Å². The van der Waals surface area contributed by atoms with Gasteiger partial charge in [-0.2, -0.15) is 0 Å². The first kappa shape index (κ1) is 19.8. The Bertz CT molecular complexity index is 1070. The number of benzene rings is 2. The van der Waals surface area contributed by atoms with E-state index in [1.165, 1.54) is 11.5 Å². The molecule has 0 spiro atoms. The summed E-state index contributed by atoms with van der Waals surface area (Å²) < 4.78 is 18.5. The molecule has 0 radical (unpaired) electrons. The summed E-state index contributed by atoms with van der Waals surface area (Å²) in [6.07, 6.45) is 0. The van der Waals surface area contributed by atoms with Crippen molar-refractivity contribution in [1.29, 1.82) is 0 Å². The lowest BCUT2D eigenvalue weighted by atomic mass is 10.1. The summed E-state index contributed by atoms with van der Waals surface area (Å²) in [6, 6.07) is 9.18. The molecule has 1 saturated heterocycles. The Hall–Kier alpha value is -2.55. The van der Waals surface area contributed by atoms with E-state index < -0.39 is 0 Å². The van der Waals surface area contributed by atoms with Crippen LogP contribution in [-0.4, -0.2) is 54.5 Å². The maximum atomic E-state index is 12.8. The number of morpholine rings is 1. The van der Waals surface area contributed by atoms with Gasteiger partial charge >= 0.3 is 0 Å². The van der Waals surface area contributed by atoms with Crippen LogP contribution in [0.1, 0.15) is 11.1 Å². The molecule has 29 heavy (non-hydrogen) atoms. The number of methoxy groups -OCH3 is 2. The number of ether oxygens (including phenoxy) is 3. The SMILES string of the molecule is COc1cc2sn(Cc3ccc(CN4CCOCC4)c(O)c3)c(=O)c2cc1OC. The second kappa shape index (κ2) is 8.44. The minimum absolute atomic E-state index is 0.0807. The highest BCUT2D eigenvalue weighted by Crippen LogP contribution is 2.33. The Balaban J connectivity index is 1.57. The summed E-state index contributed by atoms with van der Waals surface area (Å²) in [5, 5.41) is 11.1. The molecular formula is C21H24N2O5S. The molecule has 8 heteroatoms. The van der Waals surface area contributed by atoms with Crippen molar-refractivity contribution in [2.24, 2.45) is 0 Å². The van der Waals surface area contributed by atoms with E-state index in [1.807, 2.05) is 18.2 Å². The predicted octanol–water partition coefficient (Wildman–Crippen LogP) is 2.67. The van der Waals surface area contributed by atoms with Gasteiger partial charge in [-0.15, -0.1) is 0 Å². The summed E-state index contributed by atoms with van der Waals surface area (Å²) in [4.78, 5) is 15.1. The van der Waals surface area contributed by atoms with Crippen LogP contribution in [0, 0.1) is 0 Å². The number of aromatic hydroxyl groups is 1. The molecule has 1 aromatic heterocycles. The monoisotopic (exact) mass is 416 g/mol. The molecule has 154 valence electrons.